The highest BCUT2D eigenvalue weighted by atomic mass is 16.5. The molecule has 1 atom stereocenters. The van der Waals surface area contributed by atoms with Gasteiger partial charge in [0, 0.05) is 6.42 Å². The van der Waals surface area contributed by atoms with Crippen molar-refractivity contribution in [3.05, 3.63) is 34.4 Å². The first kappa shape index (κ1) is 8.04. The predicted molar refractivity (Wildman–Crippen MR) is 43.0 cm³/mol. The van der Waals surface area contributed by atoms with Crippen LogP contribution in [0.25, 0.3) is 0 Å². The largest absolute Gasteiger partial charge is 0.457 e. The molecule has 2 heterocycles. The Morgan fingerprint density at radius 3 is 2.85 bits per heavy atom. The third-order valence-corrected chi connectivity index (χ3v) is 2.00. The number of carbonyl (C=O) groups is 1. The number of rotatable bonds is 1. The molecule has 1 unspecified atom stereocenters. The standard InChI is InChI=1S/C9H8O4/c10-8-4-3-7(13-8)6-2-1-5-12-9(6)11/h1-2,5,7H,3-4H2. The van der Waals surface area contributed by atoms with E-state index in [1.165, 1.54) is 6.26 Å². The van der Waals surface area contributed by atoms with Crippen LogP contribution in [0.2, 0.25) is 0 Å². The van der Waals surface area contributed by atoms with Gasteiger partial charge in [-0.2, -0.15) is 0 Å². The third-order valence-electron chi connectivity index (χ3n) is 2.00. The number of cyclic esters (lactones) is 1. The lowest BCUT2D eigenvalue weighted by molar-refractivity contribution is -0.141. The van der Waals surface area contributed by atoms with Crippen molar-refractivity contribution >= 4 is 5.97 Å². The summed E-state index contributed by atoms with van der Waals surface area (Å²) in [5.41, 5.74) is -0.00412. The maximum Gasteiger partial charge on any atom is 0.342 e. The van der Waals surface area contributed by atoms with Gasteiger partial charge in [0.2, 0.25) is 0 Å². The van der Waals surface area contributed by atoms with E-state index < -0.39 is 11.7 Å². The van der Waals surface area contributed by atoms with Crippen molar-refractivity contribution in [2.45, 2.75) is 18.9 Å². The van der Waals surface area contributed by atoms with Crippen molar-refractivity contribution in [2.24, 2.45) is 0 Å². The molecule has 0 aromatic carbocycles. The summed E-state index contributed by atoms with van der Waals surface area (Å²) in [5, 5.41) is 0. The summed E-state index contributed by atoms with van der Waals surface area (Å²) in [6, 6.07) is 3.23. The molecule has 0 spiro atoms. The molecule has 0 N–H and O–H groups in total. The topological polar surface area (TPSA) is 56.5 Å². The third kappa shape index (κ3) is 1.47. The average molecular weight is 180 g/mol. The van der Waals surface area contributed by atoms with Crippen LogP contribution in [0.15, 0.2) is 27.6 Å². The minimum absolute atomic E-state index is 0.256. The Kier molecular flexibility index (Phi) is 1.88. The number of ether oxygens (including phenoxy) is 1. The summed E-state index contributed by atoms with van der Waals surface area (Å²) in [7, 11) is 0. The normalized spacial score (nSPS) is 21.5. The number of esters is 1. The molecular weight excluding hydrogens is 172 g/mol. The molecule has 0 aliphatic carbocycles. The molecule has 0 saturated carbocycles. The Hall–Kier alpha value is -1.58. The summed E-state index contributed by atoms with van der Waals surface area (Å²) < 4.78 is 9.59. The van der Waals surface area contributed by atoms with Gasteiger partial charge < -0.3 is 9.15 Å². The first-order valence-corrected chi connectivity index (χ1v) is 4.04. The van der Waals surface area contributed by atoms with E-state index in [0.29, 0.717) is 18.4 Å². The zero-order valence-corrected chi connectivity index (χ0v) is 6.86. The lowest BCUT2D eigenvalue weighted by Gasteiger charge is -2.05. The van der Waals surface area contributed by atoms with Crippen LogP contribution in [-0.4, -0.2) is 5.97 Å². The quantitative estimate of drug-likeness (QED) is 0.605. The van der Waals surface area contributed by atoms with Crippen molar-refractivity contribution in [3.8, 4) is 0 Å². The molecule has 1 aromatic heterocycles. The van der Waals surface area contributed by atoms with Crippen LogP contribution in [0.1, 0.15) is 24.5 Å². The highest BCUT2D eigenvalue weighted by molar-refractivity contribution is 5.71. The number of hydrogen-bond donors (Lipinski definition) is 0. The average Bonchev–Trinajstić information content (AvgIpc) is 2.53. The molecule has 0 bridgehead atoms. The fourth-order valence-electron chi connectivity index (χ4n) is 1.36. The molecule has 1 fully saturated rings. The van der Waals surface area contributed by atoms with Crippen LogP contribution in [0.5, 0.6) is 0 Å². The molecule has 13 heavy (non-hydrogen) atoms. The fourth-order valence-corrected chi connectivity index (χ4v) is 1.36. The molecular formula is C9H8O4. The summed E-state index contributed by atoms with van der Waals surface area (Å²) >= 11 is 0. The Morgan fingerprint density at radius 2 is 2.23 bits per heavy atom. The van der Waals surface area contributed by atoms with Crippen molar-refractivity contribution in [1.82, 2.24) is 0 Å². The summed E-state index contributed by atoms with van der Waals surface area (Å²) in [5.74, 6) is -0.256. The molecule has 1 saturated heterocycles. The first-order chi connectivity index (χ1) is 6.27. The van der Waals surface area contributed by atoms with E-state index >= 15 is 0 Å². The highest BCUT2D eigenvalue weighted by Gasteiger charge is 2.27. The molecule has 1 aromatic rings. The maximum absolute atomic E-state index is 11.2. The maximum atomic E-state index is 11.2. The van der Waals surface area contributed by atoms with Gasteiger partial charge >= 0.3 is 11.6 Å². The molecule has 4 heteroatoms. The van der Waals surface area contributed by atoms with Gasteiger partial charge in [-0.15, -0.1) is 0 Å². The molecule has 0 amide bonds. The molecule has 1 aliphatic rings. The minimum atomic E-state index is -0.429. The lowest BCUT2D eigenvalue weighted by atomic mass is 10.1. The summed E-state index contributed by atoms with van der Waals surface area (Å²) in [6.45, 7) is 0. The van der Waals surface area contributed by atoms with Crippen molar-refractivity contribution in [1.29, 1.82) is 0 Å². The van der Waals surface area contributed by atoms with Gasteiger partial charge in [-0.05, 0) is 18.6 Å². The Labute approximate surface area is 74.1 Å². The molecule has 1 aliphatic heterocycles. The van der Waals surface area contributed by atoms with E-state index in [-0.39, 0.29) is 5.97 Å². The second-order valence-corrected chi connectivity index (χ2v) is 2.87. The van der Waals surface area contributed by atoms with Crippen LogP contribution >= 0.6 is 0 Å². The summed E-state index contributed by atoms with van der Waals surface area (Å²) in [6.07, 6.45) is 1.83. The Morgan fingerprint density at radius 1 is 1.38 bits per heavy atom. The Bertz CT molecular complexity index is 379. The van der Waals surface area contributed by atoms with Gasteiger partial charge in [-0.3, -0.25) is 4.79 Å². The van der Waals surface area contributed by atoms with Gasteiger partial charge in [0.05, 0.1) is 11.8 Å². The second-order valence-electron chi connectivity index (χ2n) is 2.87. The van der Waals surface area contributed by atoms with Gasteiger partial charge in [-0.1, -0.05) is 0 Å². The number of carbonyl (C=O) groups excluding carboxylic acids is 1. The van der Waals surface area contributed by atoms with E-state index in [1.807, 2.05) is 0 Å². The van der Waals surface area contributed by atoms with Crippen molar-refractivity contribution in [3.63, 3.8) is 0 Å². The van der Waals surface area contributed by atoms with Crippen molar-refractivity contribution in [2.75, 3.05) is 0 Å². The smallest absolute Gasteiger partial charge is 0.342 e. The SMILES string of the molecule is O=C1CCC(c2cccoc2=O)O1. The van der Waals surface area contributed by atoms with E-state index in [1.54, 1.807) is 12.1 Å². The first-order valence-electron chi connectivity index (χ1n) is 4.04. The van der Waals surface area contributed by atoms with Crippen LogP contribution in [0.4, 0.5) is 0 Å². The number of hydrogen-bond acceptors (Lipinski definition) is 4. The fraction of sp³-hybridized carbons (Fsp3) is 0.333. The monoisotopic (exact) mass is 180 g/mol. The van der Waals surface area contributed by atoms with E-state index in [0.717, 1.165) is 0 Å². The van der Waals surface area contributed by atoms with E-state index in [2.05, 4.69) is 4.42 Å². The van der Waals surface area contributed by atoms with Gasteiger partial charge in [-0.25, -0.2) is 4.79 Å². The molecule has 2 rings (SSSR count). The second kappa shape index (κ2) is 3.05. The van der Waals surface area contributed by atoms with Crippen LogP contribution in [0.3, 0.4) is 0 Å². The lowest BCUT2D eigenvalue weighted by Crippen LogP contribution is -2.11. The van der Waals surface area contributed by atoms with E-state index in [4.69, 9.17) is 4.74 Å². The van der Waals surface area contributed by atoms with Crippen LogP contribution < -0.4 is 5.63 Å². The van der Waals surface area contributed by atoms with Crippen molar-refractivity contribution < 1.29 is 13.9 Å². The Balaban J connectivity index is 2.31. The predicted octanol–water partition coefficient (Wildman–Crippen LogP) is 1.02. The highest BCUT2D eigenvalue weighted by Crippen LogP contribution is 2.26. The minimum Gasteiger partial charge on any atom is -0.457 e. The summed E-state index contributed by atoms with van der Waals surface area (Å²) in [4.78, 5) is 21.9. The zero-order valence-electron chi connectivity index (χ0n) is 6.86. The van der Waals surface area contributed by atoms with E-state index in [9.17, 15) is 9.59 Å². The molecule has 68 valence electrons. The van der Waals surface area contributed by atoms with Crippen LogP contribution in [0, 0.1) is 0 Å². The van der Waals surface area contributed by atoms with Gasteiger partial charge in [0.15, 0.2) is 0 Å². The molecule has 0 radical (unpaired) electrons. The van der Waals surface area contributed by atoms with Crippen LogP contribution in [-0.2, 0) is 9.53 Å². The molecule has 4 nitrogen and oxygen atoms in total. The van der Waals surface area contributed by atoms with Gasteiger partial charge in [0.1, 0.15) is 6.10 Å². The van der Waals surface area contributed by atoms with Gasteiger partial charge in [0.25, 0.3) is 0 Å². The zero-order chi connectivity index (χ0) is 9.26.